The quantitative estimate of drug-likeness (QED) is 0.609. The van der Waals surface area contributed by atoms with Crippen molar-refractivity contribution in [1.29, 1.82) is 0 Å². The summed E-state index contributed by atoms with van der Waals surface area (Å²) in [6.45, 7) is 3.30. The van der Waals surface area contributed by atoms with Crippen molar-refractivity contribution in [2.45, 2.75) is 25.2 Å². The van der Waals surface area contributed by atoms with Gasteiger partial charge in [0.05, 0.1) is 12.0 Å². The number of hydrogen-bond acceptors (Lipinski definition) is 5. The molecule has 28 heavy (non-hydrogen) atoms. The first-order valence-electron chi connectivity index (χ1n) is 9.21. The number of rotatable bonds is 6. The van der Waals surface area contributed by atoms with Crippen LogP contribution in [0.3, 0.4) is 0 Å². The van der Waals surface area contributed by atoms with Crippen LogP contribution < -0.4 is 10.1 Å². The monoisotopic (exact) mass is 384 g/mol. The number of nitrogens with zero attached hydrogens (tertiary/aromatic N) is 1. The standard InChI is InChI=1S/C21H24N2O5/c1-15-13-16(7-8-18(15)23(25)26)20(24)22-14-21(9-11-28-12-10-21)17-5-3-4-6-19(17)27-2/h3-8,13H,9-12,14H2,1-2H3,(H,22,24). The SMILES string of the molecule is COc1ccccc1C1(CNC(=O)c2ccc([N+](=O)[O-])c(C)c2)CCOCC1. The molecule has 7 heteroatoms. The second-order valence-electron chi connectivity index (χ2n) is 7.03. The Balaban J connectivity index is 1.82. The highest BCUT2D eigenvalue weighted by molar-refractivity contribution is 5.94. The lowest BCUT2D eigenvalue weighted by Gasteiger charge is -2.38. The fraction of sp³-hybridized carbons (Fsp3) is 0.381. The summed E-state index contributed by atoms with van der Waals surface area (Å²) in [5.41, 5.74) is 1.65. The third kappa shape index (κ3) is 3.99. The lowest BCUT2D eigenvalue weighted by atomic mass is 9.73. The number of hydrogen-bond donors (Lipinski definition) is 1. The van der Waals surface area contributed by atoms with E-state index in [0.717, 1.165) is 24.2 Å². The summed E-state index contributed by atoms with van der Waals surface area (Å²) >= 11 is 0. The van der Waals surface area contributed by atoms with E-state index in [-0.39, 0.29) is 17.0 Å². The fourth-order valence-electron chi connectivity index (χ4n) is 3.74. The number of carbonyl (C=O) groups is 1. The number of carbonyl (C=O) groups excluding carboxylic acids is 1. The Morgan fingerprint density at radius 3 is 2.61 bits per heavy atom. The highest BCUT2D eigenvalue weighted by Crippen LogP contribution is 2.39. The predicted molar refractivity (Wildman–Crippen MR) is 105 cm³/mol. The molecular weight excluding hydrogens is 360 g/mol. The van der Waals surface area contributed by atoms with Gasteiger partial charge >= 0.3 is 0 Å². The third-order valence-electron chi connectivity index (χ3n) is 5.37. The molecule has 1 heterocycles. The second kappa shape index (κ2) is 8.39. The summed E-state index contributed by atoms with van der Waals surface area (Å²) in [7, 11) is 1.64. The molecule has 7 nitrogen and oxygen atoms in total. The Labute approximate surface area is 163 Å². The van der Waals surface area contributed by atoms with Crippen molar-refractivity contribution >= 4 is 11.6 Å². The van der Waals surface area contributed by atoms with E-state index in [9.17, 15) is 14.9 Å². The van der Waals surface area contributed by atoms with Crippen LogP contribution in [0.1, 0.15) is 34.3 Å². The molecule has 0 spiro atoms. The first-order valence-corrected chi connectivity index (χ1v) is 9.21. The molecule has 0 unspecified atom stereocenters. The molecule has 1 saturated heterocycles. The van der Waals surface area contributed by atoms with E-state index >= 15 is 0 Å². The van der Waals surface area contributed by atoms with Gasteiger partial charge in [0.15, 0.2) is 0 Å². The van der Waals surface area contributed by atoms with Crippen molar-refractivity contribution in [3.63, 3.8) is 0 Å². The third-order valence-corrected chi connectivity index (χ3v) is 5.37. The van der Waals surface area contributed by atoms with Gasteiger partial charge < -0.3 is 14.8 Å². The summed E-state index contributed by atoms with van der Waals surface area (Å²) < 4.78 is 11.1. The van der Waals surface area contributed by atoms with E-state index in [1.54, 1.807) is 20.1 Å². The van der Waals surface area contributed by atoms with E-state index in [2.05, 4.69) is 5.32 Å². The van der Waals surface area contributed by atoms with Gasteiger partial charge in [0, 0.05) is 47.9 Å². The van der Waals surface area contributed by atoms with Crippen LogP contribution >= 0.6 is 0 Å². The maximum absolute atomic E-state index is 12.7. The van der Waals surface area contributed by atoms with Crippen LogP contribution in [-0.2, 0) is 10.2 Å². The molecule has 0 aliphatic carbocycles. The van der Waals surface area contributed by atoms with Gasteiger partial charge in [-0.1, -0.05) is 18.2 Å². The molecule has 3 rings (SSSR count). The molecule has 1 N–H and O–H groups in total. The van der Waals surface area contributed by atoms with E-state index < -0.39 is 4.92 Å². The minimum atomic E-state index is -0.449. The Kier molecular flexibility index (Phi) is 5.94. The topological polar surface area (TPSA) is 90.7 Å². The molecule has 1 fully saturated rings. The molecule has 1 aliphatic heterocycles. The van der Waals surface area contributed by atoms with Crippen molar-refractivity contribution in [3.05, 3.63) is 69.3 Å². The average Bonchev–Trinajstić information content (AvgIpc) is 2.72. The zero-order valence-electron chi connectivity index (χ0n) is 16.1. The fourth-order valence-corrected chi connectivity index (χ4v) is 3.74. The van der Waals surface area contributed by atoms with Crippen molar-refractivity contribution in [3.8, 4) is 5.75 Å². The molecule has 2 aromatic carbocycles. The lowest BCUT2D eigenvalue weighted by molar-refractivity contribution is -0.385. The summed E-state index contributed by atoms with van der Waals surface area (Å²) in [5, 5.41) is 14.0. The van der Waals surface area contributed by atoms with E-state index in [1.165, 1.54) is 12.1 Å². The number of nitrogens with one attached hydrogen (secondary N) is 1. The molecule has 1 aliphatic rings. The van der Waals surface area contributed by atoms with Gasteiger partial charge in [0.2, 0.25) is 0 Å². The number of nitro benzene ring substituents is 1. The van der Waals surface area contributed by atoms with Crippen LogP contribution in [0.25, 0.3) is 0 Å². The highest BCUT2D eigenvalue weighted by Gasteiger charge is 2.37. The molecule has 0 saturated carbocycles. The number of amides is 1. The van der Waals surface area contributed by atoms with Crippen molar-refractivity contribution in [2.75, 3.05) is 26.9 Å². The summed E-state index contributed by atoms with van der Waals surface area (Å²) in [5.74, 6) is 0.545. The smallest absolute Gasteiger partial charge is 0.272 e. The minimum Gasteiger partial charge on any atom is -0.496 e. The summed E-state index contributed by atoms with van der Waals surface area (Å²) in [4.78, 5) is 23.2. The summed E-state index contributed by atoms with van der Waals surface area (Å²) in [6, 6.07) is 12.3. The van der Waals surface area contributed by atoms with Crippen molar-refractivity contribution in [2.24, 2.45) is 0 Å². The number of aryl methyl sites for hydroxylation is 1. The Morgan fingerprint density at radius 2 is 1.96 bits per heavy atom. The number of para-hydroxylation sites is 1. The maximum atomic E-state index is 12.7. The van der Waals surface area contributed by atoms with E-state index in [0.29, 0.717) is 30.9 Å². The van der Waals surface area contributed by atoms with Crippen LogP contribution in [0.4, 0.5) is 5.69 Å². The van der Waals surface area contributed by atoms with Crippen LogP contribution in [-0.4, -0.2) is 37.7 Å². The second-order valence-corrected chi connectivity index (χ2v) is 7.03. The average molecular weight is 384 g/mol. The van der Waals surface area contributed by atoms with Crippen LogP contribution in [0.5, 0.6) is 5.75 Å². The largest absolute Gasteiger partial charge is 0.496 e. The zero-order chi connectivity index (χ0) is 20.1. The van der Waals surface area contributed by atoms with Gasteiger partial charge in [-0.25, -0.2) is 0 Å². The first kappa shape index (κ1) is 19.8. The number of benzene rings is 2. The zero-order valence-corrected chi connectivity index (χ0v) is 16.1. The molecule has 0 radical (unpaired) electrons. The summed E-state index contributed by atoms with van der Waals surface area (Å²) in [6.07, 6.45) is 1.54. The molecule has 148 valence electrons. The molecule has 0 atom stereocenters. The Morgan fingerprint density at radius 1 is 1.25 bits per heavy atom. The van der Waals surface area contributed by atoms with Gasteiger partial charge in [0.25, 0.3) is 11.6 Å². The molecule has 2 aromatic rings. The van der Waals surface area contributed by atoms with Crippen molar-refractivity contribution < 1.29 is 19.2 Å². The van der Waals surface area contributed by atoms with Gasteiger partial charge in [-0.15, -0.1) is 0 Å². The van der Waals surface area contributed by atoms with Gasteiger partial charge in [-0.2, -0.15) is 0 Å². The predicted octanol–water partition coefficient (Wildman–Crippen LogP) is 3.39. The number of ether oxygens (including phenoxy) is 2. The van der Waals surface area contributed by atoms with E-state index in [1.807, 2.05) is 24.3 Å². The highest BCUT2D eigenvalue weighted by atomic mass is 16.6. The van der Waals surface area contributed by atoms with Crippen LogP contribution in [0.2, 0.25) is 0 Å². The van der Waals surface area contributed by atoms with Gasteiger partial charge in [-0.05, 0) is 38.0 Å². The normalized spacial score (nSPS) is 15.6. The van der Waals surface area contributed by atoms with Gasteiger partial charge in [0.1, 0.15) is 5.75 Å². The Bertz CT molecular complexity index is 875. The number of nitro groups is 1. The maximum Gasteiger partial charge on any atom is 0.272 e. The lowest BCUT2D eigenvalue weighted by Crippen LogP contribution is -2.44. The minimum absolute atomic E-state index is 0.00599. The van der Waals surface area contributed by atoms with Crippen molar-refractivity contribution in [1.82, 2.24) is 5.32 Å². The van der Waals surface area contributed by atoms with Crippen LogP contribution in [0.15, 0.2) is 42.5 Å². The molecule has 1 amide bonds. The first-order chi connectivity index (χ1) is 13.5. The molecule has 0 aromatic heterocycles. The Hall–Kier alpha value is -2.93. The molecular formula is C21H24N2O5. The van der Waals surface area contributed by atoms with Gasteiger partial charge in [-0.3, -0.25) is 14.9 Å². The van der Waals surface area contributed by atoms with Crippen LogP contribution in [0, 0.1) is 17.0 Å². The number of methoxy groups -OCH3 is 1. The molecule has 0 bridgehead atoms. The van der Waals surface area contributed by atoms with E-state index in [4.69, 9.17) is 9.47 Å².